The first-order valence-corrected chi connectivity index (χ1v) is 6.38. The molecule has 2 fully saturated rings. The van der Waals surface area contributed by atoms with Crippen LogP contribution in [-0.4, -0.2) is 36.5 Å². The lowest BCUT2D eigenvalue weighted by Gasteiger charge is -2.30. The Balaban J connectivity index is 1.78. The van der Waals surface area contributed by atoms with E-state index in [2.05, 4.69) is 5.32 Å². The zero-order valence-electron chi connectivity index (χ0n) is 9.45. The molecular weight excluding hydrogens is 190 g/mol. The molecule has 2 unspecified atom stereocenters. The van der Waals surface area contributed by atoms with Crippen molar-refractivity contribution >= 4 is 0 Å². The van der Waals surface area contributed by atoms with Crippen LogP contribution in [-0.2, 0) is 4.74 Å². The molecule has 3 heteroatoms. The summed E-state index contributed by atoms with van der Waals surface area (Å²) >= 11 is 0. The molecule has 0 spiro atoms. The highest BCUT2D eigenvalue weighted by atomic mass is 16.5. The lowest BCUT2D eigenvalue weighted by Crippen LogP contribution is -2.48. The number of hydrogen-bond donors (Lipinski definition) is 2. The minimum absolute atomic E-state index is 0.163. The predicted octanol–water partition coefficient (Wildman–Crippen LogP) is 1.45. The summed E-state index contributed by atoms with van der Waals surface area (Å²) in [6.07, 6.45) is 9.08. The topological polar surface area (TPSA) is 41.5 Å². The summed E-state index contributed by atoms with van der Waals surface area (Å²) in [5.74, 6) is 0. The maximum absolute atomic E-state index is 9.37. The van der Waals surface area contributed by atoms with Gasteiger partial charge in [0.1, 0.15) is 0 Å². The maximum atomic E-state index is 9.37. The third-order valence-electron chi connectivity index (χ3n) is 3.67. The van der Waals surface area contributed by atoms with Crippen molar-refractivity contribution in [1.29, 1.82) is 0 Å². The molecule has 2 rings (SSSR count). The van der Waals surface area contributed by atoms with Crippen LogP contribution in [0.5, 0.6) is 0 Å². The van der Waals surface area contributed by atoms with Gasteiger partial charge in [0.2, 0.25) is 0 Å². The van der Waals surface area contributed by atoms with Crippen LogP contribution in [0.3, 0.4) is 0 Å². The molecule has 3 nitrogen and oxygen atoms in total. The van der Waals surface area contributed by atoms with Gasteiger partial charge in [0, 0.05) is 12.6 Å². The molecule has 1 saturated carbocycles. The van der Waals surface area contributed by atoms with Crippen LogP contribution >= 0.6 is 0 Å². The standard InChI is InChI=1S/C12H23NO2/c14-9-11(12-7-4-8-15-12)13-10-5-2-1-3-6-10/h10-14H,1-9H2. The Labute approximate surface area is 92.2 Å². The van der Waals surface area contributed by atoms with Crippen molar-refractivity contribution in [3.05, 3.63) is 0 Å². The molecular formula is C12H23NO2. The SMILES string of the molecule is OCC(NC1CCCCC1)C1CCCO1. The summed E-state index contributed by atoms with van der Waals surface area (Å²) in [5, 5.41) is 12.9. The fraction of sp³-hybridized carbons (Fsp3) is 1.00. The Morgan fingerprint density at radius 2 is 1.93 bits per heavy atom. The van der Waals surface area contributed by atoms with Crippen LogP contribution in [0, 0.1) is 0 Å². The normalized spacial score (nSPS) is 30.6. The highest BCUT2D eigenvalue weighted by Crippen LogP contribution is 2.21. The zero-order chi connectivity index (χ0) is 10.5. The van der Waals surface area contributed by atoms with Gasteiger partial charge in [-0.25, -0.2) is 0 Å². The van der Waals surface area contributed by atoms with Crippen LogP contribution in [0.1, 0.15) is 44.9 Å². The van der Waals surface area contributed by atoms with E-state index in [-0.39, 0.29) is 18.8 Å². The molecule has 1 aliphatic carbocycles. The summed E-state index contributed by atoms with van der Waals surface area (Å²) in [7, 11) is 0. The minimum atomic E-state index is 0.163. The molecule has 0 aromatic rings. The van der Waals surface area contributed by atoms with Gasteiger partial charge >= 0.3 is 0 Å². The maximum Gasteiger partial charge on any atom is 0.0751 e. The smallest absolute Gasteiger partial charge is 0.0751 e. The Kier molecular flexibility index (Phi) is 4.42. The Morgan fingerprint density at radius 3 is 2.53 bits per heavy atom. The van der Waals surface area contributed by atoms with Crippen molar-refractivity contribution in [1.82, 2.24) is 5.32 Å². The van der Waals surface area contributed by atoms with E-state index in [1.807, 2.05) is 0 Å². The van der Waals surface area contributed by atoms with E-state index in [0.29, 0.717) is 6.04 Å². The van der Waals surface area contributed by atoms with Gasteiger partial charge in [-0.1, -0.05) is 19.3 Å². The first kappa shape index (κ1) is 11.4. The molecule has 0 amide bonds. The van der Waals surface area contributed by atoms with Gasteiger partial charge in [-0.05, 0) is 25.7 Å². The van der Waals surface area contributed by atoms with Gasteiger partial charge in [-0.15, -0.1) is 0 Å². The molecule has 0 aromatic heterocycles. The van der Waals surface area contributed by atoms with Gasteiger partial charge in [0.25, 0.3) is 0 Å². The van der Waals surface area contributed by atoms with Crippen LogP contribution < -0.4 is 5.32 Å². The van der Waals surface area contributed by atoms with Crippen LogP contribution in [0.25, 0.3) is 0 Å². The highest BCUT2D eigenvalue weighted by molar-refractivity contribution is 4.84. The number of rotatable bonds is 4. The molecule has 0 bridgehead atoms. The second-order valence-electron chi connectivity index (χ2n) is 4.84. The van der Waals surface area contributed by atoms with E-state index in [1.165, 1.54) is 32.1 Å². The summed E-state index contributed by atoms with van der Waals surface area (Å²) in [6, 6.07) is 0.774. The number of aliphatic hydroxyl groups is 1. The molecule has 0 radical (unpaired) electrons. The van der Waals surface area contributed by atoms with Gasteiger partial charge in [-0.2, -0.15) is 0 Å². The van der Waals surface area contributed by atoms with E-state index in [9.17, 15) is 5.11 Å². The first-order valence-electron chi connectivity index (χ1n) is 6.38. The molecule has 2 atom stereocenters. The Hall–Kier alpha value is -0.120. The first-order chi connectivity index (χ1) is 7.40. The average molecular weight is 213 g/mol. The van der Waals surface area contributed by atoms with Gasteiger partial charge in [-0.3, -0.25) is 0 Å². The average Bonchev–Trinajstić information content (AvgIpc) is 2.81. The van der Waals surface area contributed by atoms with Crippen molar-refractivity contribution in [3.63, 3.8) is 0 Å². The Morgan fingerprint density at radius 1 is 1.13 bits per heavy atom. The second-order valence-corrected chi connectivity index (χ2v) is 4.84. The fourth-order valence-corrected chi connectivity index (χ4v) is 2.77. The highest BCUT2D eigenvalue weighted by Gasteiger charge is 2.27. The summed E-state index contributed by atoms with van der Waals surface area (Å²) in [5.41, 5.74) is 0. The van der Waals surface area contributed by atoms with Gasteiger partial charge in [0.15, 0.2) is 0 Å². The van der Waals surface area contributed by atoms with Crippen LogP contribution in [0.2, 0.25) is 0 Å². The molecule has 1 heterocycles. The minimum Gasteiger partial charge on any atom is -0.395 e. The lowest BCUT2D eigenvalue weighted by molar-refractivity contribution is 0.0488. The van der Waals surface area contributed by atoms with Crippen LogP contribution in [0.15, 0.2) is 0 Å². The fourth-order valence-electron chi connectivity index (χ4n) is 2.77. The molecule has 2 aliphatic rings. The summed E-state index contributed by atoms with van der Waals surface area (Å²) < 4.78 is 5.63. The molecule has 88 valence electrons. The van der Waals surface area contributed by atoms with E-state index in [0.717, 1.165) is 19.4 Å². The third kappa shape index (κ3) is 3.16. The quantitative estimate of drug-likeness (QED) is 0.742. The molecule has 1 saturated heterocycles. The summed E-state index contributed by atoms with van der Waals surface area (Å²) in [4.78, 5) is 0. The van der Waals surface area contributed by atoms with E-state index < -0.39 is 0 Å². The largest absolute Gasteiger partial charge is 0.395 e. The summed E-state index contributed by atoms with van der Waals surface area (Å²) in [6.45, 7) is 1.08. The van der Waals surface area contributed by atoms with Crippen LogP contribution in [0.4, 0.5) is 0 Å². The number of ether oxygens (including phenoxy) is 1. The second kappa shape index (κ2) is 5.83. The predicted molar refractivity (Wildman–Crippen MR) is 59.9 cm³/mol. The third-order valence-corrected chi connectivity index (χ3v) is 3.67. The van der Waals surface area contributed by atoms with E-state index >= 15 is 0 Å². The van der Waals surface area contributed by atoms with E-state index in [1.54, 1.807) is 0 Å². The molecule has 2 N–H and O–H groups in total. The molecule has 15 heavy (non-hydrogen) atoms. The number of aliphatic hydroxyl groups excluding tert-OH is 1. The number of hydrogen-bond acceptors (Lipinski definition) is 3. The van der Waals surface area contributed by atoms with Crippen molar-refractivity contribution in [2.75, 3.05) is 13.2 Å². The monoisotopic (exact) mass is 213 g/mol. The molecule has 1 aliphatic heterocycles. The van der Waals surface area contributed by atoms with Crippen molar-refractivity contribution in [3.8, 4) is 0 Å². The molecule has 0 aromatic carbocycles. The number of nitrogens with one attached hydrogen (secondary N) is 1. The van der Waals surface area contributed by atoms with Crippen molar-refractivity contribution < 1.29 is 9.84 Å². The van der Waals surface area contributed by atoms with Crippen molar-refractivity contribution in [2.45, 2.75) is 63.1 Å². The van der Waals surface area contributed by atoms with Gasteiger partial charge in [0.05, 0.1) is 18.8 Å². The Bertz CT molecular complexity index is 174. The van der Waals surface area contributed by atoms with Crippen molar-refractivity contribution in [2.24, 2.45) is 0 Å². The zero-order valence-corrected chi connectivity index (χ0v) is 9.45. The lowest BCUT2D eigenvalue weighted by atomic mass is 9.94. The van der Waals surface area contributed by atoms with Gasteiger partial charge < -0.3 is 15.2 Å². The van der Waals surface area contributed by atoms with E-state index in [4.69, 9.17) is 4.74 Å².